The maximum atomic E-state index is 11.8. The maximum absolute atomic E-state index is 11.8. The Morgan fingerprint density at radius 1 is 1.11 bits per heavy atom. The van der Waals surface area contributed by atoms with E-state index in [4.69, 9.17) is 14.2 Å². The summed E-state index contributed by atoms with van der Waals surface area (Å²) < 4.78 is 17.0. The van der Waals surface area contributed by atoms with Crippen LogP contribution in [0.15, 0.2) is 42.5 Å². The van der Waals surface area contributed by atoms with Crippen molar-refractivity contribution in [2.24, 2.45) is 0 Å². The minimum atomic E-state index is -1.00. The number of carboxylic acid groups (broad SMARTS) is 1. The van der Waals surface area contributed by atoms with Gasteiger partial charge < -0.3 is 19.3 Å². The highest BCUT2D eigenvalue weighted by atomic mass is 16.7. The number of unbranched alkanes of at least 4 members (excludes halogenated alkanes) is 1. The molecule has 0 saturated heterocycles. The monoisotopic (exact) mass is 368 g/mol. The Labute approximate surface area is 159 Å². The topological polar surface area (TPSA) is 65.0 Å². The SMILES string of the molecule is CCCCOc1ccc(/C=C(/C(=O)O)c2ccc3c(c2)OC(C)(C)O3)cc1. The van der Waals surface area contributed by atoms with Crippen LogP contribution in [0.3, 0.4) is 0 Å². The second kappa shape index (κ2) is 7.74. The molecule has 1 heterocycles. The maximum Gasteiger partial charge on any atom is 0.336 e. The fourth-order valence-electron chi connectivity index (χ4n) is 2.82. The standard InChI is InChI=1S/C22H24O5/c1-4-5-12-25-17-9-6-15(7-10-17)13-18(21(23)24)16-8-11-19-20(14-16)27-22(2,3)26-19/h6-11,13-14H,4-5,12H2,1-3H3,(H,23,24)/b18-13+. The van der Waals surface area contributed by atoms with Gasteiger partial charge in [-0.2, -0.15) is 0 Å². The normalized spacial score (nSPS) is 14.9. The summed E-state index contributed by atoms with van der Waals surface area (Å²) >= 11 is 0. The van der Waals surface area contributed by atoms with Crippen molar-refractivity contribution in [1.82, 2.24) is 0 Å². The van der Waals surface area contributed by atoms with Crippen LogP contribution in [0.25, 0.3) is 11.6 Å². The van der Waals surface area contributed by atoms with Crippen molar-refractivity contribution in [3.8, 4) is 17.2 Å². The Balaban J connectivity index is 1.83. The lowest BCUT2D eigenvalue weighted by Crippen LogP contribution is -2.29. The Hall–Kier alpha value is -2.95. The number of benzene rings is 2. The molecule has 0 aromatic heterocycles. The molecular formula is C22H24O5. The first-order valence-corrected chi connectivity index (χ1v) is 9.08. The van der Waals surface area contributed by atoms with Crippen LogP contribution in [0.2, 0.25) is 0 Å². The third kappa shape index (κ3) is 4.61. The molecule has 1 N–H and O–H groups in total. The second-order valence-corrected chi connectivity index (χ2v) is 6.90. The van der Waals surface area contributed by atoms with Crippen molar-refractivity contribution < 1.29 is 24.1 Å². The van der Waals surface area contributed by atoms with E-state index in [9.17, 15) is 9.90 Å². The number of carboxylic acids is 1. The van der Waals surface area contributed by atoms with Crippen LogP contribution in [-0.2, 0) is 4.79 Å². The molecule has 1 aliphatic heterocycles. The van der Waals surface area contributed by atoms with E-state index in [1.165, 1.54) is 0 Å². The van der Waals surface area contributed by atoms with Gasteiger partial charge in [-0.15, -0.1) is 0 Å². The molecule has 27 heavy (non-hydrogen) atoms. The van der Waals surface area contributed by atoms with Crippen LogP contribution in [0.4, 0.5) is 0 Å². The van der Waals surface area contributed by atoms with Crippen molar-refractivity contribution in [1.29, 1.82) is 0 Å². The van der Waals surface area contributed by atoms with Crippen LogP contribution in [0, 0.1) is 0 Å². The Bertz CT molecular complexity index is 850. The molecule has 0 atom stereocenters. The lowest BCUT2D eigenvalue weighted by Gasteiger charge is -2.16. The molecule has 0 radical (unpaired) electrons. The van der Waals surface area contributed by atoms with Crippen LogP contribution in [-0.4, -0.2) is 23.5 Å². The fourth-order valence-corrected chi connectivity index (χ4v) is 2.82. The van der Waals surface area contributed by atoms with Crippen LogP contribution < -0.4 is 14.2 Å². The average Bonchev–Trinajstić information content (AvgIpc) is 2.93. The summed E-state index contributed by atoms with van der Waals surface area (Å²) in [6.07, 6.45) is 3.72. The summed E-state index contributed by atoms with van der Waals surface area (Å²) in [5, 5.41) is 9.67. The summed E-state index contributed by atoms with van der Waals surface area (Å²) in [6.45, 7) is 6.41. The van der Waals surface area contributed by atoms with Gasteiger partial charge in [0.15, 0.2) is 11.5 Å². The van der Waals surface area contributed by atoms with E-state index in [1.807, 2.05) is 38.1 Å². The predicted molar refractivity (Wildman–Crippen MR) is 104 cm³/mol. The lowest BCUT2D eigenvalue weighted by atomic mass is 10.0. The van der Waals surface area contributed by atoms with Crippen LogP contribution >= 0.6 is 0 Å². The molecule has 0 fully saturated rings. The van der Waals surface area contributed by atoms with E-state index in [0.29, 0.717) is 23.7 Å². The number of hydrogen-bond donors (Lipinski definition) is 1. The van der Waals surface area contributed by atoms with Gasteiger partial charge in [0.1, 0.15) is 5.75 Å². The largest absolute Gasteiger partial charge is 0.494 e. The van der Waals surface area contributed by atoms with Gasteiger partial charge in [-0.1, -0.05) is 31.5 Å². The number of hydrogen-bond acceptors (Lipinski definition) is 4. The molecule has 0 aliphatic carbocycles. The molecule has 0 saturated carbocycles. The van der Waals surface area contributed by atoms with E-state index < -0.39 is 11.8 Å². The van der Waals surface area contributed by atoms with Gasteiger partial charge in [0.25, 0.3) is 0 Å². The van der Waals surface area contributed by atoms with Crippen molar-refractivity contribution in [3.63, 3.8) is 0 Å². The molecule has 0 amide bonds. The van der Waals surface area contributed by atoms with Gasteiger partial charge in [0.05, 0.1) is 12.2 Å². The first-order valence-electron chi connectivity index (χ1n) is 9.08. The summed E-state index contributed by atoms with van der Waals surface area (Å²) in [5.74, 6) is 0.187. The third-order valence-electron chi connectivity index (χ3n) is 4.15. The highest BCUT2D eigenvalue weighted by Gasteiger charge is 2.32. The van der Waals surface area contributed by atoms with E-state index in [2.05, 4.69) is 6.92 Å². The number of fused-ring (bicyclic) bond motifs is 1. The molecule has 142 valence electrons. The molecule has 0 bridgehead atoms. The average molecular weight is 368 g/mol. The Morgan fingerprint density at radius 2 is 1.81 bits per heavy atom. The summed E-state index contributed by atoms with van der Waals surface area (Å²) in [7, 11) is 0. The minimum absolute atomic E-state index is 0.186. The summed E-state index contributed by atoms with van der Waals surface area (Å²) in [5.41, 5.74) is 1.53. The van der Waals surface area contributed by atoms with E-state index >= 15 is 0 Å². The van der Waals surface area contributed by atoms with E-state index in [1.54, 1.807) is 24.3 Å². The molecule has 2 aromatic rings. The van der Waals surface area contributed by atoms with Gasteiger partial charge in [0, 0.05) is 13.8 Å². The number of ether oxygens (including phenoxy) is 3. The smallest absolute Gasteiger partial charge is 0.336 e. The third-order valence-corrected chi connectivity index (χ3v) is 4.15. The fraction of sp³-hybridized carbons (Fsp3) is 0.318. The summed E-state index contributed by atoms with van der Waals surface area (Å²) in [4.78, 5) is 11.8. The van der Waals surface area contributed by atoms with E-state index in [-0.39, 0.29) is 5.57 Å². The van der Waals surface area contributed by atoms with Crippen LogP contribution in [0.1, 0.15) is 44.7 Å². The molecule has 2 aromatic carbocycles. The first-order chi connectivity index (χ1) is 12.9. The molecule has 0 unspecified atom stereocenters. The number of carbonyl (C=O) groups is 1. The van der Waals surface area contributed by atoms with Gasteiger partial charge in [-0.3, -0.25) is 0 Å². The van der Waals surface area contributed by atoms with Crippen molar-refractivity contribution >= 4 is 17.6 Å². The van der Waals surface area contributed by atoms with Gasteiger partial charge >= 0.3 is 5.97 Å². The van der Waals surface area contributed by atoms with Gasteiger partial charge in [0.2, 0.25) is 5.79 Å². The zero-order valence-electron chi connectivity index (χ0n) is 15.8. The highest BCUT2D eigenvalue weighted by molar-refractivity contribution is 6.20. The van der Waals surface area contributed by atoms with Crippen molar-refractivity contribution in [3.05, 3.63) is 53.6 Å². The zero-order valence-corrected chi connectivity index (χ0v) is 15.8. The van der Waals surface area contributed by atoms with Gasteiger partial charge in [-0.05, 0) is 47.9 Å². The number of rotatable bonds is 7. The predicted octanol–water partition coefficient (Wildman–Crippen LogP) is 5.00. The Kier molecular flexibility index (Phi) is 5.40. The molecule has 5 nitrogen and oxygen atoms in total. The lowest BCUT2D eigenvalue weighted by molar-refractivity contribution is -0.130. The highest BCUT2D eigenvalue weighted by Crippen LogP contribution is 2.40. The number of aliphatic carboxylic acids is 1. The molecule has 5 heteroatoms. The molecule has 3 rings (SSSR count). The van der Waals surface area contributed by atoms with Gasteiger partial charge in [-0.25, -0.2) is 4.79 Å². The van der Waals surface area contributed by atoms with Crippen LogP contribution in [0.5, 0.6) is 17.2 Å². The minimum Gasteiger partial charge on any atom is -0.494 e. The zero-order chi connectivity index (χ0) is 19.4. The summed E-state index contributed by atoms with van der Waals surface area (Å²) in [6, 6.07) is 12.6. The second-order valence-electron chi connectivity index (χ2n) is 6.90. The molecular weight excluding hydrogens is 344 g/mol. The molecule has 1 aliphatic rings. The van der Waals surface area contributed by atoms with Crippen molar-refractivity contribution in [2.75, 3.05) is 6.61 Å². The Morgan fingerprint density at radius 3 is 2.48 bits per heavy atom. The molecule has 0 spiro atoms. The van der Waals surface area contributed by atoms with Crippen molar-refractivity contribution in [2.45, 2.75) is 39.4 Å². The van der Waals surface area contributed by atoms with E-state index in [0.717, 1.165) is 24.2 Å². The first kappa shape index (κ1) is 18.8. The quantitative estimate of drug-likeness (QED) is 0.423.